The molecule has 0 atom stereocenters. The molecular weight excluding hydrogens is 588 g/mol. The minimum atomic E-state index is -0.734. The van der Waals surface area contributed by atoms with Gasteiger partial charge in [0.05, 0.1) is 5.52 Å². The molecule has 0 bridgehead atoms. The second kappa shape index (κ2) is 12.3. The zero-order chi connectivity index (χ0) is 32.5. The van der Waals surface area contributed by atoms with Gasteiger partial charge in [-0.3, -0.25) is 19.6 Å². The first kappa shape index (κ1) is 30.3. The van der Waals surface area contributed by atoms with Gasteiger partial charge < -0.3 is 14.6 Å². The van der Waals surface area contributed by atoms with Crippen molar-refractivity contribution < 1.29 is 18.3 Å². The lowest BCUT2D eigenvalue weighted by molar-refractivity contribution is 0.102. The van der Waals surface area contributed by atoms with Gasteiger partial charge in [-0.2, -0.15) is 0 Å². The quantitative estimate of drug-likeness (QED) is 0.195. The van der Waals surface area contributed by atoms with E-state index in [4.69, 9.17) is 9.72 Å². The molecule has 0 saturated carbocycles. The number of aryl methyl sites for hydroxylation is 1. The molecule has 6 aromatic rings. The molecule has 1 N–H and O–H groups in total. The number of rotatable bonds is 7. The normalized spacial score (nSPS) is 11.2. The van der Waals surface area contributed by atoms with Crippen LogP contribution in [0.5, 0.6) is 11.5 Å². The van der Waals surface area contributed by atoms with Gasteiger partial charge >= 0.3 is 0 Å². The number of aromatic nitrogens is 4. The summed E-state index contributed by atoms with van der Waals surface area (Å²) in [7, 11) is 0. The third-order valence-corrected chi connectivity index (χ3v) is 7.67. The molecule has 46 heavy (non-hydrogen) atoms. The Bertz CT molecular complexity index is 2160. The molecule has 0 radical (unpaired) electrons. The largest absolute Gasteiger partial charge is 0.452 e. The molecular formula is C36H29F2N5O3. The fourth-order valence-corrected chi connectivity index (χ4v) is 5.39. The van der Waals surface area contributed by atoms with Crippen LogP contribution in [-0.4, -0.2) is 25.4 Å². The molecule has 2 aromatic carbocycles. The Hall–Kier alpha value is -5.77. The zero-order valence-corrected chi connectivity index (χ0v) is 25.5. The van der Waals surface area contributed by atoms with Gasteiger partial charge in [-0.05, 0) is 69.7 Å². The lowest BCUT2D eigenvalue weighted by Gasteiger charge is -2.20. The highest BCUT2D eigenvalue weighted by Crippen LogP contribution is 2.33. The van der Waals surface area contributed by atoms with Crippen molar-refractivity contribution in [2.24, 2.45) is 0 Å². The van der Waals surface area contributed by atoms with Gasteiger partial charge in [-0.15, -0.1) is 0 Å². The molecule has 0 saturated heterocycles. The van der Waals surface area contributed by atoms with Crippen molar-refractivity contribution >= 4 is 22.6 Å². The van der Waals surface area contributed by atoms with Crippen LogP contribution in [0, 0.1) is 25.5 Å². The predicted molar refractivity (Wildman–Crippen MR) is 173 cm³/mol. The van der Waals surface area contributed by atoms with E-state index in [2.05, 4.69) is 15.3 Å². The first-order chi connectivity index (χ1) is 22.1. The summed E-state index contributed by atoms with van der Waals surface area (Å²) in [4.78, 5) is 40.2. The highest BCUT2D eigenvalue weighted by molar-refractivity contribution is 6.04. The average Bonchev–Trinajstić information content (AvgIpc) is 3.03. The third-order valence-electron chi connectivity index (χ3n) is 7.67. The molecule has 10 heteroatoms. The SMILES string of the molecule is Cc1nc2c(Oc3ccc(NC(=O)c4cn(C(C)C)c(C)c(-c5ccc(F)cc5)c4=O)cc3F)ccnc2cc1-c1cccnc1. The predicted octanol–water partition coefficient (Wildman–Crippen LogP) is 8.04. The third kappa shape index (κ3) is 5.84. The summed E-state index contributed by atoms with van der Waals surface area (Å²) in [5.74, 6) is -1.66. The van der Waals surface area contributed by atoms with Crippen LogP contribution in [0.15, 0.2) is 96.3 Å². The number of nitrogens with one attached hydrogen (secondary N) is 1. The number of hydrogen-bond donors (Lipinski definition) is 1. The minimum Gasteiger partial charge on any atom is -0.452 e. The number of hydrogen-bond acceptors (Lipinski definition) is 6. The molecule has 0 spiro atoms. The van der Waals surface area contributed by atoms with E-state index >= 15 is 4.39 Å². The highest BCUT2D eigenvalue weighted by Gasteiger charge is 2.21. The minimum absolute atomic E-state index is 0.0790. The highest BCUT2D eigenvalue weighted by atomic mass is 19.1. The number of amides is 1. The number of ether oxygens (including phenoxy) is 1. The molecule has 0 fully saturated rings. The van der Waals surface area contributed by atoms with E-state index in [1.807, 2.05) is 39.0 Å². The molecule has 4 aromatic heterocycles. The number of carbonyl (C=O) groups is 1. The molecule has 230 valence electrons. The Morgan fingerprint density at radius 3 is 2.41 bits per heavy atom. The summed E-state index contributed by atoms with van der Waals surface area (Å²) in [5, 5.41) is 2.63. The lowest BCUT2D eigenvalue weighted by atomic mass is 10.00. The molecule has 0 aliphatic rings. The fraction of sp³-hybridized carbons (Fsp3) is 0.139. The van der Waals surface area contributed by atoms with Gasteiger partial charge in [-0.1, -0.05) is 18.2 Å². The van der Waals surface area contributed by atoms with Crippen LogP contribution in [0.4, 0.5) is 14.5 Å². The number of pyridine rings is 4. The standard InChI is InChI=1S/C36H29F2N5O3/c1-20(2)43-19-28(35(44)33(22(43)4)23-7-9-25(37)10-8-23)36(45)42-26-11-12-31(29(38)16-26)46-32-13-15-40-30-17-27(21(3)41-34(30)32)24-6-5-14-39-18-24/h5-20H,1-4H3,(H,42,45). The summed E-state index contributed by atoms with van der Waals surface area (Å²) < 4.78 is 36.7. The van der Waals surface area contributed by atoms with E-state index in [9.17, 15) is 14.0 Å². The van der Waals surface area contributed by atoms with Crippen molar-refractivity contribution in [2.75, 3.05) is 5.32 Å². The molecule has 1 amide bonds. The average molecular weight is 618 g/mol. The maximum absolute atomic E-state index is 15.4. The maximum atomic E-state index is 15.4. The van der Waals surface area contributed by atoms with Crippen molar-refractivity contribution in [2.45, 2.75) is 33.7 Å². The van der Waals surface area contributed by atoms with Crippen LogP contribution in [0.1, 0.15) is 41.6 Å². The van der Waals surface area contributed by atoms with Crippen LogP contribution in [-0.2, 0) is 0 Å². The van der Waals surface area contributed by atoms with E-state index in [0.717, 1.165) is 22.9 Å². The molecule has 0 unspecified atom stereocenters. The van der Waals surface area contributed by atoms with Gasteiger partial charge in [0.1, 0.15) is 16.9 Å². The zero-order valence-electron chi connectivity index (χ0n) is 25.5. The second-order valence-corrected chi connectivity index (χ2v) is 11.1. The Morgan fingerprint density at radius 2 is 1.72 bits per heavy atom. The Balaban J connectivity index is 1.28. The monoisotopic (exact) mass is 617 g/mol. The smallest absolute Gasteiger partial charge is 0.261 e. The van der Waals surface area contributed by atoms with Gasteiger partial charge in [0.15, 0.2) is 17.3 Å². The fourth-order valence-electron chi connectivity index (χ4n) is 5.39. The summed E-state index contributed by atoms with van der Waals surface area (Å²) in [5.41, 5.74) is 4.42. The maximum Gasteiger partial charge on any atom is 0.261 e. The molecule has 8 nitrogen and oxygen atoms in total. The van der Waals surface area contributed by atoms with Crippen LogP contribution >= 0.6 is 0 Å². The molecule has 4 heterocycles. The number of halogens is 2. The first-order valence-electron chi connectivity index (χ1n) is 14.6. The summed E-state index contributed by atoms with van der Waals surface area (Å²) in [6, 6.07) is 16.7. The van der Waals surface area contributed by atoms with Crippen molar-refractivity contribution in [3.8, 4) is 33.8 Å². The van der Waals surface area contributed by atoms with Crippen molar-refractivity contribution in [1.82, 2.24) is 19.5 Å². The Kier molecular flexibility index (Phi) is 8.10. The van der Waals surface area contributed by atoms with Gasteiger partial charge in [0.25, 0.3) is 5.91 Å². The van der Waals surface area contributed by atoms with E-state index in [-0.39, 0.29) is 28.6 Å². The van der Waals surface area contributed by atoms with Crippen molar-refractivity contribution in [3.05, 3.63) is 130 Å². The van der Waals surface area contributed by atoms with E-state index < -0.39 is 23.0 Å². The van der Waals surface area contributed by atoms with Crippen LogP contribution in [0.2, 0.25) is 0 Å². The van der Waals surface area contributed by atoms with Crippen LogP contribution in [0.3, 0.4) is 0 Å². The Labute approximate surface area is 263 Å². The molecule has 0 aliphatic carbocycles. The summed E-state index contributed by atoms with van der Waals surface area (Å²) in [6.45, 7) is 7.48. The number of anilines is 1. The lowest BCUT2D eigenvalue weighted by Crippen LogP contribution is -2.26. The topological polar surface area (TPSA) is 99.0 Å². The number of carbonyl (C=O) groups excluding carboxylic acids is 1. The Morgan fingerprint density at radius 1 is 0.935 bits per heavy atom. The van der Waals surface area contributed by atoms with Gasteiger partial charge in [0, 0.05) is 76.7 Å². The number of benzene rings is 2. The van der Waals surface area contributed by atoms with E-state index in [1.165, 1.54) is 42.6 Å². The molecule has 6 rings (SSSR count). The van der Waals surface area contributed by atoms with E-state index in [0.29, 0.717) is 28.0 Å². The first-order valence-corrected chi connectivity index (χ1v) is 14.6. The van der Waals surface area contributed by atoms with Gasteiger partial charge in [0.2, 0.25) is 5.43 Å². The summed E-state index contributed by atoms with van der Waals surface area (Å²) >= 11 is 0. The van der Waals surface area contributed by atoms with Crippen molar-refractivity contribution in [1.29, 1.82) is 0 Å². The summed E-state index contributed by atoms with van der Waals surface area (Å²) in [6.07, 6.45) is 6.48. The van der Waals surface area contributed by atoms with Crippen LogP contribution in [0.25, 0.3) is 33.3 Å². The van der Waals surface area contributed by atoms with Crippen molar-refractivity contribution in [3.63, 3.8) is 0 Å². The number of fused-ring (bicyclic) bond motifs is 1. The molecule has 0 aliphatic heterocycles. The number of nitrogens with zero attached hydrogens (tertiary/aromatic N) is 4. The van der Waals surface area contributed by atoms with Gasteiger partial charge in [-0.25, -0.2) is 13.8 Å². The second-order valence-electron chi connectivity index (χ2n) is 11.1. The van der Waals surface area contributed by atoms with E-state index in [1.54, 1.807) is 36.1 Å². The van der Waals surface area contributed by atoms with Crippen LogP contribution < -0.4 is 15.5 Å².